The number of carbonyl (C=O) groups excluding carboxylic acids is 2. The molecular weight excluding hydrogens is 428 g/mol. The van der Waals surface area contributed by atoms with Crippen molar-refractivity contribution in [3.05, 3.63) is 86.3 Å². The van der Waals surface area contributed by atoms with E-state index in [4.69, 9.17) is 16.3 Å². The molecule has 3 aromatic rings. The molecule has 1 amide bonds. The molecule has 2 aromatic carbocycles. The zero-order chi connectivity index (χ0) is 21.7. The van der Waals surface area contributed by atoms with Gasteiger partial charge in [-0.05, 0) is 41.5 Å². The fraction of sp³-hybridized carbons (Fsp3) is 0.0476. The Morgan fingerprint density at radius 3 is 2.40 bits per heavy atom. The molecule has 7 nitrogen and oxygen atoms in total. The SMILES string of the molecule is COC(=O)c1c(-c2ccc(Cl)cc2)csc1NC(=O)/C=C/c1ccc([N+](=O)[O-])cc1. The lowest BCUT2D eigenvalue weighted by atomic mass is 10.0. The normalized spacial score (nSPS) is 10.7. The molecule has 0 atom stereocenters. The van der Waals surface area contributed by atoms with Crippen LogP contribution in [0.4, 0.5) is 10.7 Å². The Morgan fingerprint density at radius 2 is 1.80 bits per heavy atom. The van der Waals surface area contributed by atoms with Gasteiger partial charge in [0.15, 0.2) is 0 Å². The zero-order valence-electron chi connectivity index (χ0n) is 15.6. The standard InChI is InChI=1S/C21H15ClN2O5S/c1-29-21(26)19-17(14-5-7-15(22)8-6-14)12-30-20(19)23-18(25)11-4-13-2-9-16(10-3-13)24(27)28/h2-12H,1H3,(H,23,25)/b11-4+. The number of amides is 1. The first-order chi connectivity index (χ1) is 14.4. The first-order valence-corrected chi connectivity index (χ1v) is 9.84. The Balaban J connectivity index is 1.81. The number of thiophene rings is 1. The zero-order valence-corrected chi connectivity index (χ0v) is 17.2. The summed E-state index contributed by atoms with van der Waals surface area (Å²) >= 11 is 7.12. The second-order valence-electron chi connectivity index (χ2n) is 6.02. The fourth-order valence-corrected chi connectivity index (χ4v) is 3.72. The van der Waals surface area contributed by atoms with Crippen LogP contribution in [-0.4, -0.2) is 23.9 Å². The van der Waals surface area contributed by atoms with Crippen molar-refractivity contribution in [1.29, 1.82) is 0 Å². The van der Waals surface area contributed by atoms with Crippen LogP contribution in [0.1, 0.15) is 15.9 Å². The third-order valence-electron chi connectivity index (χ3n) is 4.10. The third-order valence-corrected chi connectivity index (χ3v) is 5.25. The van der Waals surface area contributed by atoms with E-state index in [0.29, 0.717) is 21.2 Å². The molecule has 0 spiro atoms. The Hall–Kier alpha value is -3.49. The quantitative estimate of drug-likeness (QED) is 0.238. The number of non-ortho nitro benzene ring substituents is 1. The van der Waals surface area contributed by atoms with Crippen LogP contribution in [0.15, 0.2) is 60.0 Å². The van der Waals surface area contributed by atoms with Gasteiger partial charge in [-0.3, -0.25) is 14.9 Å². The predicted octanol–water partition coefficient (Wildman–Crippen LogP) is 5.42. The molecule has 0 aliphatic rings. The van der Waals surface area contributed by atoms with E-state index < -0.39 is 16.8 Å². The summed E-state index contributed by atoms with van der Waals surface area (Å²) in [5, 5.41) is 16.1. The van der Waals surface area contributed by atoms with Gasteiger partial charge in [0, 0.05) is 34.2 Å². The molecule has 1 aromatic heterocycles. The van der Waals surface area contributed by atoms with E-state index in [1.807, 2.05) is 0 Å². The molecule has 0 unspecified atom stereocenters. The van der Waals surface area contributed by atoms with Crippen molar-refractivity contribution in [2.24, 2.45) is 0 Å². The molecular formula is C21H15ClN2O5S. The van der Waals surface area contributed by atoms with Gasteiger partial charge in [0.05, 0.1) is 12.0 Å². The van der Waals surface area contributed by atoms with E-state index >= 15 is 0 Å². The Kier molecular flexibility index (Phi) is 6.61. The number of nitro benzene ring substituents is 1. The number of esters is 1. The fourth-order valence-electron chi connectivity index (χ4n) is 2.63. The molecule has 0 fully saturated rings. The Labute approximate surface area is 180 Å². The lowest BCUT2D eigenvalue weighted by Crippen LogP contribution is -2.11. The van der Waals surface area contributed by atoms with Crippen molar-refractivity contribution < 1.29 is 19.2 Å². The third kappa shape index (κ3) is 4.91. The Morgan fingerprint density at radius 1 is 1.13 bits per heavy atom. The van der Waals surface area contributed by atoms with E-state index in [0.717, 1.165) is 5.56 Å². The van der Waals surface area contributed by atoms with Crippen LogP contribution in [-0.2, 0) is 9.53 Å². The van der Waals surface area contributed by atoms with E-state index in [-0.39, 0.29) is 11.3 Å². The summed E-state index contributed by atoms with van der Waals surface area (Å²) in [5.74, 6) is -1.03. The summed E-state index contributed by atoms with van der Waals surface area (Å²) in [7, 11) is 1.27. The van der Waals surface area contributed by atoms with Crippen LogP contribution >= 0.6 is 22.9 Å². The topological polar surface area (TPSA) is 98.5 Å². The number of anilines is 1. The first-order valence-electron chi connectivity index (χ1n) is 8.58. The summed E-state index contributed by atoms with van der Waals surface area (Å²) in [5.41, 5.74) is 2.22. The van der Waals surface area contributed by atoms with Crippen molar-refractivity contribution in [3.8, 4) is 11.1 Å². The minimum Gasteiger partial charge on any atom is -0.465 e. The van der Waals surface area contributed by atoms with Crippen LogP contribution in [0.25, 0.3) is 17.2 Å². The average Bonchev–Trinajstić information content (AvgIpc) is 3.15. The number of hydrogen-bond acceptors (Lipinski definition) is 6. The van der Waals surface area contributed by atoms with E-state index in [2.05, 4.69) is 5.32 Å². The molecule has 1 N–H and O–H groups in total. The van der Waals surface area contributed by atoms with E-state index in [1.54, 1.807) is 29.6 Å². The highest BCUT2D eigenvalue weighted by molar-refractivity contribution is 7.15. The molecule has 1 heterocycles. The number of nitrogens with zero attached hydrogens (tertiary/aromatic N) is 1. The van der Waals surface area contributed by atoms with Gasteiger partial charge >= 0.3 is 5.97 Å². The number of benzene rings is 2. The number of hydrogen-bond donors (Lipinski definition) is 1. The van der Waals surface area contributed by atoms with Gasteiger partial charge in [0.25, 0.3) is 5.69 Å². The molecule has 0 aliphatic heterocycles. The molecule has 0 bridgehead atoms. The van der Waals surface area contributed by atoms with Crippen LogP contribution in [0.5, 0.6) is 0 Å². The molecule has 152 valence electrons. The number of nitro groups is 1. The maximum atomic E-state index is 12.3. The number of rotatable bonds is 6. The minimum atomic E-state index is -0.573. The van der Waals surface area contributed by atoms with Crippen molar-refractivity contribution in [3.63, 3.8) is 0 Å². The van der Waals surface area contributed by atoms with Crippen LogP contribution in [0, 0.1) is 10.1 Å². The number of ether oxygens (including phenoxy) is 1. The molecule has 3 rings (SSSR count). The number of carbonyl (C=O) groups is 2. The maximum absolute atomic E-state index is 12.3. The largest absolute Gasteiger partial charge is 0.465 e. The Bertz CT molecular complexity index is 1120. The lowest BCUT2D eigenvalue weighted by molar-refractivity contribution is -0.384. The highest BCUT2D eigenvalue weighted by atomic mass is 35.5. The van der Waals surface area contributed by atoms with Crippen LogP contribution in [0.2, 0.25) is 5.02 Å². The van der Waals surface area contributed by atoms with Gasteiger partial charge in [-0.25, -0.2) is 4.79 Å². The summed E-state index contributed by atoms with van der Waals surface area (Å²) < 4.78 is 4.88. The van der Waals surface area contributed by atoms with Crippen molar-refractivity contribution >= 4 is 51.6 Å². The highest BCUT2D eigenvalue weighted by Gasteiger charge is 2.21. The number of halogens is 1. The average molecular weight is 443 g/mol. The maximum Gasteiger partial charge on any atom is 0.341 e. The summed E-state index contributed by atoms with van der Waals surface area (Å²) in [4.78, 5) is 34.9. The molecule has 30 heavy (non-hydrogen) atoms. The number of nitrogens with one attached hydrogen (secondary N) is 1. The predicted molar refractivity (Wildman–Crippen MR) is 117 cm³/mol. The van der Waals surface area contributed by atoms with Crippen molar-refractivity contribution in [1.82, 2.24) is 0 Å². The van der Waals surface area contributed by atoms with E-state index in [9.17, 15) is 19.7 Å². The van der Waals surface area contributed by atoms with Gasteiger partial charge in [-0.1, -0.05) is 23.7 Å². The molecule has 0 radical (unpaired) electrons. The van der Waals surface area contributed by atoms with Gasteiger partial charge in [-0.2, -0.15) is 0 Å². The van der Waals surface area contributed by atoms with Crippen LogP contribution < -0.4 is 5.32 Å². The minimum absolute atomic E-state index is 0.0346. The highest BCUT2D eigenvalue weighted by Crippen LogP contribution is 2.36. The summed E-state index contributed by atoms with van der Waals surface area (Å²) in [6.07, 6.45) is 2.80. The molecule has 0 aliphatic carbocycles. The molecule has 0 saturated heterocycles. The smallest absolute Gasteiger partial charge is 0.341 e. The number of methoxy groups -OCH3 is 1. The van der Waals surface area contributed by atoms with E-state index in [1.165, 1.54) is 54.9 Å². The monoisotopic (exact) mass is 442 g/mol. The van der Waals surface area contributed by atoms with Crippen molar-refractivity contribution in [2.75, 3.05) is 12.4 Å². The second kappa shape index (κ2) is 9.34. The lowest BCUT2D eigenvalue weighted by Gasteiger charge is -2.07. The first kappa shape index (κ1) is 21.2. The second-order valence-corrected chi connectivity index (χ2v) is 7.34. The molecule has 0 saturated carbocycles. The van der Waals surface area contributed by atoms with Gasteiger partial charge in [-0.15, -0.1) is 11.3 Å². The van der Waals surface area contributed by atoms with Crippen LogP contribution in [0.3, 0.4) is 0 Å². The van der Waals surface area contributed by atoms with Crippen molar-refractivity contribution in [2.45, 2.75) is 0 Å². The summed E-state index contributed by atoms with van der Waals surface area (Å²) in [6.45, 7) is 0. The van der Waals surface area contributed by atoms with Gasteiger partial charge < -0.3 is 10.1 Å². The van der Waals surface area contributed by atoms with Gasteiger partial charge in [0.1, 0.15) is 10.6 Å². The molecule has 9 heteroatoms. The van der Waals surface area contributed by atoms with Gasteiger partial charge in [0.2, 0.25) is 5.91 Å². The summed E-state index contributed by atoms with van der Waals surface area (Å²) in [6, 6.07) is 12.7.